The molecule has 0 saturated carbocycles. The van der Waals surface area contributed by atoms with E-state index in [1.54, 1.807) is 18.3 Å². The van der Waals surface area contributed by atoms with Crippen LogP contribution in [0.2, 0.25) is 5.15 Å². The van der Waals surface area contributed by atoms with E-state index in [2.05, 4.69) is 26.0 Å². The Hall–Kier alpha value is -1.46. The lowest BCUT2D eigenvalue weighted by Crippen LogP contribution is -1.97. The number of nitrogens with zero attached hydrogens (tertiary/aromatic N) is 3. The predicted octanol–water partition coefficient (Wildman–Crippen LogP) is 4.26. The number of halogens is 3. The Labute approximate surface area is 122 Å². The van der Waals surface area contributed by atoms with Crippen molar-refractivity contribution in [1.82, 2.24) is 14.6 Å². The number of rotatable bonds is 1. The lowest BCUT2D eigenvalue weighted by atomic mass is 10.1. The Morgan fingerprint density at radius 3 is 2.89 bits per heavy atom. The summed E-state index contributed by atoms with van der Waals surface area (Å²) in [5.74, 6) is -0.316. The molecule has 6 heteroatoms. The molecule has 0 aliphatic rings. The maximum absolute atomic E-state index is 14.0. The van der Waals surface area contributed by atoms with E-state index in [1.807, 2.05) is 13.0 Å². The smallest absolute Gasteiger partial charge is 0.171 e. The fraction of sp³-hybridized carbons (Fsp3) is 0.0769. The van der Waals surface area contributed by atoms with Gasteiger partial charge in [-0.3, -0.25) is 0 Å². The lowest BCUT2D eigenvalue weighted by molar-refractivity contribution is 0.629. The van der Waals surface area contributed by atoms with Gasteiger partial charge >= 0.3 is 0 Å². The second-order valence-corrected chi connectivity index (χ2v) is 5.37. The van der Waals surface area contributed by atoms with Gasteiger partial charge < -0.3 is 0 Å². The second-order valence-electron chi connectivity index (χ2n) is 4.12. The Morgan fingerprint density at radius 2 is 2.16 bits per heavy atom. The molecule has 0 fully saturated rings. The van der Waals surface area contributed by atoms with Gasteiger partial charge in [0, 0.05) is 11.6 Å². The van der Waals surface area contributed by atoms with Crippen molar-refractivity contribution in [3.05, 3.63) is 51.5 Å². The summed E-state index contributed by atoms with van der Waals surface area (Å²) in [4.78, 5) is 4.42. The van der Waals surface area contributed by atoms with E-state index in [9.17, 15) is 4.39 Å². The second kappa shape index (κ2) is 4.58. The first-order chi connectivity index (χ1) is 9.08. The van der Waals surface area contributed by atoms with E-state index in [0.29, 0.717) is 26.5 Å². The Kier molecular flexibility index (Phi) is 3.03. The molecule has 2 heterocycles. The van der Waals surface area contributed by atoms with Crippen molar-refractivity contribution in [2.75, 3.05) is 0 Å². The van der Waals surface area contributed by atoms with Crippen LogP contribution in [-0.2, 0) is 0 Å². The summed E-state index contributed by atoms with van der Waals surface area (Å²) in [5, 5.41) is 4.46. The first kappa shape index (κ1) is 12.6. The minimum Gasteiger partial charge on any atom is -0.227 e. The molecule has 2 aromatic heterocycles. The van der Waals surface area contributed by atoms with Crippen LogP contribution in [0.15, 0.2) is 34.9 Å². The highest BCUT2D eigenvalue weighted by molar-refractivity contribution is 9.10. The van der Waals surface area contributed by atoms with Crippen LogP contribution in [0.3, 0.4) is 0 Å². The first-order valence-corrected chi connectivity index (χ1v) is 6.70. The zero-order valence-electron chi connectivity index (χ0n) is 9.86. The van der Waals surface area contributed by atoms with Crippen LogP contribution in [-0.4, -0.2) is 14.6 Å². The maximum atomic E-state index is 14.0. The molecular weight excluding hydrogens is 333 g/mol. The highest BCUT2D eigenvalue weighted by Crippen LogP contribution is 2.29. The van der Waals surface area contributed by atoms with Crippen molar-refractivity contribution in [3.8, 4) is 11.3 Å². The van der Waals surface area contributed by atoms with Gasteiger partial charge in [-0.2, -0.15) is 5.10 Å². The van der Waals surface area contributed by atoms with Gasteiger partial charge in [-0.05, 0) is 34.5 Å². The number of hydrogen-bond acceptors (Lipinski definition) is 2. The topological polar surface area (TPSA) is 30.2 Å². The molecular formula is C13H8BrClFN3. The van der Waals surface area contributed by atoms with Crippen LogP contribution in [0, 0.1) is 12.7 Å². The molecule has 0 spiro atoms. The summed E-state index contributed by atoms with van der Waals surface area (Å²) in [6.07, 6.45) is 1.60. The van der Waals surface area contributed by atoms with Crippen LogP contribution in [0.5, 0.6) is 0 Å². The Morgan fingerprint density at radius 1 is 1.37 bits per heavy atom. The molecule has 0 N–H and O–H groups in total. The summed E-state index contributed by atoms with van der Waals surface area (Å²) in [6.45, 7) is 1.84. The molecule has 0 bridgehead atoms. The van der Waals surface area contributed by atoms with Crippen molar-refractivity contribution in [2.24, 2.45) is 0 Å². The summed E-state index contributed by atoms with van der Waals surface area (Å²) >= 11 is 9.49. The van der Waals surface area contributed by atoms with Gasteiger partial charge in [0.2, 0.25) is 0 Å². The third-order valence-corrected chi connectivity index (χ3v) is 3.69. The first-order valence-electron chi connectivity index (χ1n) is 5.53. The summed E-state index contributed by atoms with van der Waals surface area (Å²) in [7, 11) is 0. The Bertz CT molecular complexity index is 765. The Balaban J connectivity index is 2.34. The highest BCUT2D eigenvalue weighted by Gasteiger charge is 2.14. The lowest BCUT2D eigenvalue weighted by Gasteiger charge is -2.08. The van der Waals surface area contributed by atoms with E-state index in [4.69, 9.17) is 11.6 Å². The SMILES string of the molecule is Cc1cccc(F)c1-c1cc(Cl)n2ncc(Br)c2n1. The number of benzene rings is 1. The van der Waals surface area contributed by atoms with E-state index < -0.39 is 0 Å². The molecule has 0 saturated heterocycles. The van der Waals surface area contributed by atoms with E-state index >= 15 is 0 Å². The molecule has 19 heavy (non-hydrogen) atoms. The van der Waals surface area contributed by atoms with Crippen LogP contribution >= 0.6 is 27.5 Å². The quantitative estimate of drug-likeness (QED) is 0.620. The molecule has 0 unspecified atom stereocenters. The third kappa shape index (κ3) is 2.03. The molecule has 0 amide bonds. The van der Waals surface area contributed by atoms with Crippen LogP contribution < -0.4 is 0 Å². The van der Waals surface area contributed by atoms with Gasteiger partial charge in [-0.25, -0.2) is 13.9 Å². The molecule has 3 nitrogen and oxygen atoms in total. The van der Waals surface area contributed by atoms with Crippen molar-refractivity contribution in [2.45, 2.75) is 6.92 Å². The molecule has 96 valence electrons. The van der Waals surface area contributed by atoms with Crippen molar-refractivity contribution >= 4 is 33.2 Å². The number of hydrogen-bond donors (Lipinski definition) is 0. The van der Waals surface area contributed by atoms with Crippen LogP contribution in [0.1, 0.15) is 5.56 Å². The van der Waals surface area contributed by atoms with Gasteiger partial charge in [-0.15, -0.1) is 0 Å². The predicted molar refractivity (Wildman–Crippen MR) is 75.8 cm³/mol. The molecule has 3 rings (SSSR count). The molecule has 0 aliphatic heterocycles. The van der Waals surface area contributed by atoms with Gasteiger partial charge in [0.25, 0.3) is 0 Å². The van der Waals surface area contributed by atoms with Gasteiger partial charge in [-0.1, -0.05) is 23.7 Å². The molecule has 0 radical (unpaired) electrons. The average molecular weight is 341 g/mol. The number of fused-ring (bicyclic) bond motifs is 1. The van der Waals surface area contributed by atoms with E-state index in [0.717, 1.165) is 5.56 Å². The molecule has 1 aromatic carbocycles. The standard InChI is InChI=1S/C13H8BrClFN3/c1-7-3-2-4-9(16)12(7)10-5-11(15)19-13(18-10)8(14)6-17-19/h2-6H,1H3. The fourth-order valence-corrected chi connectivity index (χ4v) is 2.56. The minimum atomic E-state index is -0.316. The molecule has 0 aliphatic carbocycles. The maximum Gasteiger partial charge on any atom is 0.171 e. The monoisotopic (exact) mass is 339 g/mol. The van der Waals surface area contributed by atoms with Crippen LogP contribution in [0.4, 0.5) is 4.39 Å². The fourth-order valence-electron chi connectivity index (χ4n) is 1.98. The molecule has 0 atom stereocenters. The van der Waals surface area contributed by atoms with Gasteiger partial charge in [0.1, 0.15) is 11.0 Å². The van der Waals surface area contributed by atoms with Crippen molar-refractivity contribution in [1.29, 1.82) is 0 Å². The third-order valence-electron chi connectivity index (χ3n) is 2.86. The summed E-state index contributed by atoms with van der Waals surface area (Å²) in [6, 6.07) is 6.53. The van der Waals surface area contributed by atoms with Gasteiger partial charge in [0.15, 0.2) is 5.65 Å². The summed E-state index contributed by atoms with van der Waals surface area (Å²) < 4.78 is 16.2. The van der Waals surface area contributed by atoms with Crippen molar-refractivity contribution < 1.29 is 4.39 Å². The zero-order chi connectivity index (χ0) is 13.6. The summed E-state index contributed by atoms with van der Waals surface area (Å²) in [5.41, 5.74) is 2.32. The van der Waals surface area contributed by atoms with E-state index in [1.165, 1.54) is 10.6 Å². The average Bonchev–Trinajstić information content (AvgIpc) is 2.72. The van der Waals surface area contributed by atoms with Gasteiger partial charge in [0.05, 0.1) is 16.4 Å². The molecule has 3 aromatic rings. The zero-order valence-corrected chi connectivity index (χ0v) is 12.2. The normalized spacial score (nSPS) is 11.2. The van der Waals surface area contributed by atoms with Crippen molar-refractivity contribution in [3.63, 3.8) is 0 Å². The van der Waals surface area contributed by atoms with E-state index in [-0.39, 0.29) is 5.82 Å². The highest BCUT2D eigenvalue weighted by atomic mass is 79.9. The van der Waals surface area contributed by atoms with Crippen LogP contribution in [0.25, 0.3) is 16.9 Å². The number of aryl methyl sites for hydroxylation is 1. The largest absolute Gasteiger partial charge is 0.227 e. The number of aromatic nitrogens is 3. The minimum absolute atomic E-state index is 0.316.